The van der Waals surface area contributed by atoms with Crippen molar-refractivity contribution < 1.29 is 18.0 Å². The summed E-state index contributed by atoms with van der Waals surface area (Å²) >= 11 is 5.99. The Kier molecular flexibility index (Phi) is 7.94. The Morgan fingerprint density at radius 1 is 1.18 bits per heavy atom. The molecule has 0 saturated carbocycles. The van der Waals surface area contributed by atoms with E-state index in [1.807, 2.05) is 4.90 Å². The largest absolute Gasteiger partial charge is 0.403 e. The standard InChI is InChI=1S/C18H25ClF3N5O/c1-13(18(20,21)22)26-9-11-27(12-10-26)17(23-2)25-8-7-24-16(28)14-5-3-4-6-15(14)19/h3-6,13H,7-12H2,1-2H3,(H,23,25)(H,24,28). The number of piperazine rings is 1. The van der Waals surface area contributed by atoms with Crippen LogP contribution in [0.3, 0.4) is 0 Å². The zero-order valence-electron chi connectivity index (χ0n) is 15.9. The van der Waals surface area contributed by atoms with Gasteiger partial charge in [0.2, 0.25) is 0 Å². The minimum Gasteiger partial charge on any atom is -0.354 e. The second kappa shape index (κ2) is 9.97. The number of alkyl halides is 3. The molecule has 10 heteroatoms. The SMILES string of the molecule is CN=C(NCCNC(=O)c1ccccc1Cl)N1CCN(C(C)C(F)(F)F)CC1. The van der Waals surface area contributed by atoms with Crippen LogP contribution in [0.1, 0.15) is 17.3 Å². The second-order valence-corrected chi connectivity index (χ2v) is 6.86. The van der Waals surface area contributed by atoms with Gasteiger partial charge >= 0.3 is 6.18 Å². The lowest BCUT2D eigenvalue weighted by molar-refractivity contribution is -0.181. The van der Waals surface area contributed by atoms with Gasteiger partial charge in [0.25, 0.3) is 5.91 Å². The summed E-state index contributed by atoms with van der Waals surface area (Å²) < 4.78 is 38.5. The number of hydrogen-bond donors (Lipinski definition) is 2. The molecule has 2 rings (SSSR count). The van der Waals surface area contributed by atoms with Gasteiger partial charge in [-0.1, -0.05) is 23.7 Å². The molecule has 1 aromatic carbocycles. The Bertz CT molecular complexity index is 690. The van der Waals surface area contributed by atoms with Gasteiger partial charge in [-0.25, -0.2) is 0 Å². The highest BCUT2D eigenvalue weighted by Crippen LogP contribution is 2.25. The topological polar surface area (TPSA) is 60.0 Å². The fraction of sp³-hybridized carbons (Fsp3) is 0.556. The van der Waals surface area contributed by atoms with Gasteiger partial charge in [-0.3, -0.25) is 14.7 Å². The quantitative estimate of drug-likeness (QED) is 0.436. The Balaban J connectivity index is 1.75. The molecule has 1 aliphatic rings. The molecule has 0 radical (unpaired) electrons. The van der Waals surface area contributed by atoms with Gasteiger partial charge in [0.1, 0.15) is 6.04 Å². The minimum atomic E-state index is -4.22. The first-order valence-electron chi connectivity index (χ1n) is 9.03. The van der Waals surface area contributed by atoms with E-state index in [0.717, 1.165) is 0 Å². The number of carbonyl (C=O) groups is 1. The first kappa shape index (κ1) is 22.3. The van der Waals surface area contributed by atoms with E-state index in [2.05, 4.69) is 15.6 Å². The van der Waals surface area contributed by atoms with E-state index in [9.17, 15) is 18.0 Å². The van der Waals surface area contributed by atoms with Gasteiger partial charge in [0.15, 0.2) is 5.96 Å². The van der Waals surface area contributed by atoms with Crippen molar-refractivity contribution in [1.82, 2.24) is 20.4 Å². The van der Waals surface area contributed by atoms with E-state index in [0.29, 0.717) is 55.8 Å². The Hall–Kier alpha value is -2.00. The Morgan fingerprint density at radius 3 is 2.36 bits per heavy atom. The van der Waals surface area contributed by atoms with Crippen LogP contribution in [0.2, 0.25) is 5.02 Å². The number of amides is 1. The molecule has 0 bridgehead atoms. The maximum absolute atomic E-state index is 12.8. The van der Waals surface area contributed by atoms with E-state index in [-0.39, 0.29) is 5.91 Å². The van der Waals surface area contributed by atoms with E-state index >= 15 is 0 Å². The fourth-order valence-electron chi connectivity index (χ4n) is 2.95. The lowest BCUT2D eigenvalue weighted by atomic mass is 10.2. The van der Waals surface area contributed by atoms with Gasteiger partial charge in [-0.05, 0) is 19.1 Å². The van der Waals surface area contributed by atoms with Crippen molar-refractivity contribution in [3.8, 4) is 0 Å². The maximum atomic E-state index is 12.8. The van der Waals surface area contributed by atoms with E-state index in [1.165, 1.54) is 11.8 Å². The minimum absolute atomic E-state index is 0.267. The van der Waals surface area contributed by atoms with E-state index in [1.54, 1.807) is 31.3 Å². The van der Waals surface area contributed by atoms with Crippen LogP contribution in [0.15, 0.2) is 29.3 Å². The Labute approximate surface area is 167 Å². The van der Waals surface area contributed by atoms with Crippen LogP contribution >= 0.6 is 11.6 Å². The van der Waals surface area contributed by atoms with Crippen molar-refractivity contribution in [1.29, 1.82) is 0 Å². The predicted molar refractivity (Wildman–Crippen MR) is 104 cm³/mol. The lowest BCUT2D eigenvalue weighted by Crippen LogP contribution is -2.57. The third-order valence-electron chi connectivity index (χ3n) is 4.66. The van der Waals surface area contributed by atoms with Crippen molar-refractivity contribution in [2.24, 2.45) is 4.99 Å². The molecule has 1 heterocycles. The molecule has 6 nitrogen and oxygen atoms in total. The highest BCUT2D eigenvalue weighted by Gasteiger charge is 2.41. The van der Waals surface area contributed by atoms with Gasteiger partial charge in [0, 0.05) is 46.3 Å². The highest BCUT2D eigenvalue weighted by atomic mass is 35.5. The summed E-state index contributed by atoms with van der Waals surface area (Å²) in [5.74, 6) is 0.337. The zero-order chi connectivity index (χ0) is 20.7. The maximum Gasteiger partial charge on any atom is 0.403 e. The molecule has 28 heavy (non-hydrogen) atoms. The van der Waals surface area contributed by atoms with E-state index in [4.69, 9.17) is 11.6 Å². The van der Waals surface area contributed by atoms with Crippen LogP contribution in [0.25, 0.3) is 0 Å². The van der Waals surface area contributed by atoms with Gasteiger partial charge in [-0.2, -0.15) is 13.2 Å². The molecular weight excluding hydrogens is 395 g/mol. The molecule has 1 amide bonds. The summed E-state index contributed by atoms with van der Waals surface area (Å²) in [5, 5.41) is 6.27. The van der Waals surface area contributed by atoms with Crippen LogP contribution in [-0.4, -0.2) is 80.2 Å². The van der Waals surface area contributed by atoms with Gasteiger partial charge in [-0.15, -0.1) is 0 Å². The van der Waals surface area contributed by atoms with Gasteiger partial charge < -0.3 is 15.5 Å². The number of rotatable bonds is 5. The van der Waals surface area contributed by atoms with Crippen LogP contribution in [0.4, 0.5) is 13.2 Å². The molecule has 2 N–H and O–H groups in total. The number of aliphatic imine (C=N–C) groups is 1. The summed E-state index contributed by atoms with van der Waals surface area (Å²) in [4.78, 5) is 19.6. The first-order chi connectivity index (χ1) is 13.2. The van der Waals surface area contributed by atoms with Crippen molar-refractivity contribution in [2.75, 3.05) is 46.3 Å². The summed E-state index contributed by atoms with van der Waals surface area (Å²) in [5.41, 5.74) is 0.406. The molecule has 1 fully saturated rings. The number of nitrogens with one attached hydrogen (secondary N) is 2. The van der Waals surface area contributed by atoms with Gasteiger partial charge in [0.05, 0.1) is 10.6 Å². The molecule has 1 aromatic rings. The van der Waals surface area contributed by atoms with Crippen LogP contribution in [0.5, 0.6) is 0 Å². The summed E-state index contributed by atoms with van der Waals surface area (Å²) in [7, 11) is 1.62. The molecule has 156 valence electrons. The molecule has 0 aromatic heterocycles. The molecule has 0 aliphatic carbocycles. The average Bonchev–Trinajstić information content (AvgIpc) is 2.67. The lowest BCUT2D eigenvalue weighted by Gasteiger charge is -2.39. The van der Waals surface area contributed by atoms with Crippen LogP contribution in [-0.2, 0) is 0 Å². The number of hydrogen-bond acceptors (Lipinski definition) is 3. The second-order valence-electron chi connectivity index (χ2n) is 6.45. The molecule has 0 spiro atoms. The monoisotopic (exact) mass is 419 g/mol. The number of nitrogens with zero attached hydrogens (tertiary/aromatic N) is 3. The van der Waals surface area contributed by atoms with Crippen LogP contribution < -0.4 is 10.6 Å². The number of halogens is 4. The van der Waals surface area contributed by atoms with Crippen molar-refractivity contribution >= 4 is 23.5 Å². The third-order valence-corrected chi connectivity index (χ3v) is 4.99. The first-order valence-corrected chi connectivity index (χ1v) is 9.41. The van der Waals surface area contributed by atoms with Crippen LogP contribution in [0, 0.1) is 0 Å². The summed E-state index contributed by atoms with van der Waals surface area (Å²) in [6.07, 6.45) is -4.22. The fourth-order valence-corrected chi connectivity index (χ4v) is 3.17. The number of carbonyl (C=O) groups excluding carboxylic acids is 1. The average molecular weight is 420 g/mol. The highest BCUT2D eigenvalue weighted by molar-refractivity contribution is 6.33. The smallest absolute Gasteiger partial charge is 0.354 e. The van der Waals surface area contributed by atoms with Crippen molar-refractivity contribution in [3.63, 3.8) is 0 Å². The summed E-state index contributed by atoms with van der Waals surface area (Å²) in [6.45, 7) is 3.49. The molecular formula is C18H25ClF3N5O. The normalized spacial score (nSPS) is 17.4. The molecule has 1 atom stereocenters. The summed E-state index contributed by atoms with van der Waals surface area (Å²) in [6, 6.07) is 5.33. The zero-order valence-corrected chi connectivity index (χ0v) is 16.6. The molecule has 1 aliphatic heterocycles. The molecule has 1 saturated heterocycles. The predicted octanol–water partition coefficient (Wildman–Crippen LogP) is 2.21. The van der Waals surface area contributed by atoms with Crippen molar-refractivity contribution in [2.45, 2.75) is 19.1 Å². The number of benzene rings is 1. The molecule has 1 unspecified atom stereocenters. The third kappa shape index (κ3) is 6.00. The Morgan fingerprint density at radius 2 is 1.79 bits per heavy atom. The number of guanidine groups is 1. The van der Waals surface area contributed by atoms with Crippen molar-refractivity contribution in [3.05, 3.63) is 34.9 Å². The van der Waals surface area contributed by atoms with E-state index < -0.39 is 12.2 Å².